The molecule has 1 amide bonds. The van der Waals surface area contributed by atoms with Crippen molar-refractivity contribution in [1.29, 1.82) is 0 Å². The van der Waals surface area contributed by atoms with E-state index in [1.54, 1.807) is 30.1 Å². The Labute approximate surface area is 108 Å². The Morgan fingerprint density at radius 3 is 2.94 bits per heavy atom. The lowest BCUT2D eigenvalue weighted by atomic mass is 9.92. The molecule has 0 radical (unpaired) electrons. The van der Waals surface area contributed by atoms with Crippen LogP contribution in [0.3, 0.4) is 0 Å². The molecule has 1 saturated heterocycles. The molecule has 1 heterocycles. The minimum atomic E-state index is 0.0774. The molecular formula is C14H20N2O2. The molecule has 0 aliphatic carbocycles. The molecule has 0 bridgehead atoms. The molecule has 2 atom stereocenters. The number of amides is 1. The first-order valence-electron chi connectivity index (χ1n) is 6.38. The predicted octanol–water partition coefficient (Wildman–Crippen LogP) is 1.74. The van der Waals surface area contributed by atoms with E-state index in [1.165, 1.54) is 0 Å². The van der Waals surface area contributed by atoms with E-state index < -0.39 is 0 Å². The van der Waals surface area contributed by atoms with Crippen LogP contribution in [0.25, 0.3) is 0 Å². The molecule has 1 fully saturated rings. The predicted molar refractivity (Wildman–Crippen MR) is 71.7 cm³/mol. The second-order valence-corrected chi connectivity index (χ2v) is 4.99. The van der Waals surface area contributed by atoms with Crippen molar-refractivity contribution in [2.24, 2.45) is 5.92 Å². The Bertz CT molecular complexity index is 434. The monoisotopic (exact) mass is 248 g/mol. The van der Waals surface area contributed by atoms with Crippen LogP contribution >= 0.6 is 0 Å². The number of carbonyl (C=O) groups excluding carboxylic acids is 1. The number of carbonyl (C=O) groups is 1. The maximum atomic E-state index is 12.4. The SMILES string of the molecule is CC1CC(C(=O)N(C)c2cccc(O)c2)CCN1. The number of rotatable bonds is 2. The first-order valence-corrected chi connectivity index (χ1v) is 6.38. The van der Waals surface area contributed by atoms with Crippen molar-refractivity contribution >= 4 is 11.6 Å². The second kappa shape index (κ2) is 5.40. The molecule has 0 aromatic heterocycles. The van der Waals surface area contributed by atoms with Crippen molar-refractivity contribution in [3.8, 4) is 5.75 Å². The summed E-state index contributed by atoms with van der Waals surface area (Å²) in [7, 11) is 1.77. The van der Waals surface area contributed by atoms with Gasteiger partial charge in [0.25, 0.3) is 0 Å². The zero-order valence-corrected chi connectivity index (χ0v) is 10.9. The molecule has 2 N–H and O–H groups in total. The van der Waals surface area contributed by atoms with Gasteiger partial charge in [-0.1, -0.05) is 6.07 Å². The number of phenols is 1. The van der Waals surface area contributed by atoms with Crippen LogP contribution in [0.5, 0.6) is 5.75 Å². The summed E-state index contributed by atoms with van der Waals surface area (Å²) >= 11 is 0. The number of nitrogens with one attached hydrogen (secondary N) is 1. The summed E-state index contributed by atoms with van der Waals surface area (Å²) in [5, 5.41) is 12.8. The number of phenolic OH excluding ortho intramolecular Hbond substituents is 1. The van der Waals surface area contributed by atoms with Crippen LogP contribution in [-0.4, -0.2) is 30.6 Å². The number of hydrogen-bond donors (Lipinski definition) is 2. The van der Waals surface area contributed by atoms with Crippen molar-refractivity contribution in [2.75, 3.05) is 18.5 Å². The van der Waals surface area contributed by atoms with Crippen LogP contribution in [0.1, 0.15) is 19.8 Å². The van der Waals surface area contributed by atoms with E-state index in [9.17, 15) is 9.90 Å². The molecule has 1 aromatic carbocycles. The summed E-state index contributed by atoms with van der Waals surface area (Å²) in [5.74, 6) is 0.397. The van der Waals surface area contributed by atoms with Gasteiger partial charge in [0.05, 0.1) is 0 Å². The van der Waals surface area contributed by atoms with Gasteiger partial charge in [0.15, 0.2) is 0 Å². The van der Waals surface area contributed by atoms with Crippen LogP contribution in [0.2, 0.25) is 0 Å². The normalized spacial score (nSPS) is 23.7. The Morgan fingerprint density at radius 2 is 2.28 bits per heavy atom. The lowest BCUT2D eigenvalue weighted by Gasteiger charge is -2.30. The molecule has 18 heavy (non-hydrogen) atoms. The quantitative estimate of drug-likeness (QED) is 0.838. The highest BCUT2D eigenvalue weighted by molar-refractivity contribution is 5.94. The van der Waals surface area contributed by atoms with Gasteiger partial charge in [0.1, 0.15) is 5.75 Å². The van der Waals surface area contributed by atoms with Gasteiger partial charge in [-0.15, -0.1) is 0 Å². The van der Waals surface area contributed by atoms with E-state index in [0.717, 1.165) is 25.1 Å². The van der Waals surface area contributed by atoms with E-state index in [4.69, 9.17) is 0 Å². The minimum Gasteiger partial charge on any atom is -0.508 e. The maximum Gasteiger partial charge on any atom is 0.229 e. The Hall–Kier alpha value is -1.55. The number of nitrogens with zero attached hydrogens (tertiary/aromatic N) is 1. The number of hydrogen-bond acceptors (Lipinski definition) is 3. The second-order valence-electron chi connectivity index (χ2n) is 4.99. The van der Waals surface area contributed by atoms with Gasteiger partial charge in [-0.25, -0.2) is 0 Å². The molecule has 0 spiro atoms. The van der Waals surface area contributed by atoms with E-state index in [-0.39, 0.29) is 17.6 Å². The fourth-order valence-corrected chi connectivity index (χ4v) is 2.46. The van der Waals surface area contributed by atoms with Crippen molar-refractivity contribution in [3.63, 3.8) is 0 Å². The minimum absolute atomic E-state index is 0.0774. The highest BCUT2D eigenvalue weighted by Crippen LogP contribution is 2.24. The fourth-order valence-electron chi connectivity index (χ4n) is 2.46. The summed E-state index contributed by atoms with van der Waals surface area (Å²) in [5.41, 5.74) is 0.742. The third-order valence-electron chi connectivity index (χ3n) is 3.52. The zero-order chi connectivity index (χ0) is 13.1. The summed E-state index contributed by atoms with van der Waals surface area (Å²) in [6.45, 7) is 3.00. The van der Waals surface area contributed by atoms with Crippen LogP contribution in [-0.2, 0) is 4.79 Å². The highest BCUT2D eigenvalue weighted by atomic mass is 16.3. The standard InChI is InChI=1S/C14H20N2O2/c1-10-8-11(6-7-15-10)14(18)16(2)12-4-3-5-13(17)9-12/h3-5,9-11,15,17H,6-8H2,1-2H3. The van der Waals surface area contributed by atoms with E-state index in [2.05, 4.69) is 12.2 Å². The molecule has 2 unspecified atom stereocenters. The molecule has 1 aliphatic heterocycles. The molecule has 98 valence electrons. The van der Waals surface area contributed by atoms with Crippen molar-refractivity contribution in [2.45, 2.75) is 25.8 Å². The van der Waals surface area contributed by atoms with Gasteiger partial charge in [-0.05, 0) is 38.4 Å². The van der Waals surface area contributed by atoms with Crippen LogP contribution in [0.15, 0.2) is 24.3 Å². The first-order chi connectivity index (χ1) is 8.58. The maximum absolute atomic E-state index is 12.4. The summed E-state index contributed by atoms with van der Waals surface area (Å²) in [6.07, 6.45) is 1.76. The van der Waals surface area contributed by atoms with Crippen molar-refractivity contribution < 1.29 is 9.90 Å². The average molecular weight is 248 g/mol. The van der Waals surface area contributed by atoms with Gasteiger partial charge in [-0.2, -0.15) is 0 Å². The number of piperidine rings is 1. The Kier molecular flexibility index (Phi) is 3.87. The van der Waals surface area contributed by atoms with Crippen molar-refractivity contribution in [1.82, 2.24) is 5.32 Å². The van der Waals surface area contributed by atoms with Crippen LogP contribution in [0, 0.1) is 5.92 Å². The van der Waals surface area contributed by atoms with Crippen LogP contribution in [0.4, 0.5) is 5.69 Å². The molecule has 2 rings (SSSR count). The molecular weight excluding hydrogens is 228 g/mol. The number of anilines is 1. The lowest BCUT2D eigenvalue weighted by Crippen LogP contribution is -2.43. The zero-order valence-electron chi connectivity index (χ0n) is 10.9. The largest absolute Gasteiger partial charge is 0.508 e. The van der Waals surface area contributed by atoms with Gasteiger partial charge in [0, 0.05) is 30.8 Å². The Morgan fingerprint density at radius 1 is 1.50 bits per heavy atom. The van der Waals surface area contributed by atoms with Crippen LogP contribution < -0.4 is 10.2 Å². The molecule has 1 aromatic rings. The molecule has 0 saturated carbocycles. The lowest BCUT2D eigenvalue weighted by molar-refractivity contribution is -0.123. The summed E-state index contributed by atoms with van der Waals surface area (Å²) in [4.78, 5) is 14.0. The van der Waals surface area contributed by atoms with Gasteiger partial charge < -0.3 is 15.3 Å². The summed E-state index contributed by atoms with van der Waals surface area (Å²) < 4.78 is 0. The van der Waals surface area contributed by atoms with Crippen molar-refractivity contribution in [3.05, 3.63) is 24.3 Å². The third-order valence-corrected chi connectivity index (χ3v) is 3.52. The molecule has 1 aliphatic rings. The van der Waals surface area contributed by atoms with Gasteiger partial charge in [-0.3, -0.25) is 4.79 Å². The van der Waals surface area contributed by atoms with Gasteiger partial charge >= 0.3 is 0 Å². The summed E-state index contributed by atoms with van der Waals surface area (Å²) in [6, 6.07) is 7.20. The highest BCUT2D eigenvalue weighted by Gasteiger charge is 2.27. The smallest absolute Gasteiger partial charge is 0.229 e. The molecule has 4 nitrogen and oxygen atoms in total. The van der Waals surface area contributed by atoms with Gasteiger partial charge in [0.2, 0.25) is 5.91 Å². The first kappa shape index (κ1) is 12.9. The Balaban J connectivity index is 2.08. The number of benzene rings is 1. The topological polar surface area (TPSA) is 52.6 Å². The van der Waals surface area contributed by atoms with E-state index >= 15 is 0 Å². The van der Waals surface area contributed by atoms with E-state index in [0.29, 0.717) is 6.04 Å². The van der Waals surface area contributed by atoms with E-state index in [1.807, 2.05) is 6.07 Å². The third kappa shape index (κ3) is 2.82. The fraction of sp³-hybridized carbons (Fsp3) is 0.500. The average Bonchev–Trinajstić information content (AvgIpc) is 2.37. The molecule has 4 heteroatoms. The number of aromatic hydroxyl groups is 1.